The van der Waals surface area contributed by atoms with Crippen LogP contribution in [0.1, 0.15) is 41.7 Å². The van der Waals surface area contributed by atoms with Crippen molar-refractivity contribution < 1.29 is 9.18 Å². The van der Waals surface area contributed by atoms with Gasteiger partial charge in [-0.25, -0.2) is 4.39 Å². The number of carbonyl (C=O) groups is 1. The van der Waals surface area contributed by atoms with Gasteiger partial charge in [0.15, 0.2) is 0 Å². The lowest BCUT2D eigenvalue weighted by Gasteiger charge is -2.20. The molecule has 1 aliphatic rings. The van der Waals surface area contributed by atoms with E-state index in [-0.39, 0.29) is 11.7 Å². The molecule has 0 unspecified atom stereocenters. The standard InChI is InChI=1S/C16H19FN2O/c1-11-15(13-7-6-12(17)10-14(13)18-11)16(20)19-8-4-2-3-5-9-19/h6-7,10,18H,2-5,8-9H2,1H3. The summed E-state index contributed by atoms with van der Waals surface area (Å²) in [5.41, 5.74) is 2.21. The number of hydrogen-bond acceptors (Lipinski definition) is 1. The molecular formula is C16H19FN2O. The molecule has 0 radical (unpaired) electrons. The third kappa shape index (κ3) is 2.30. The van der Waals surface area contributed by atoms with Crippen LogP contribution in [0, 0.1) is 12.7 Å². The van der Waals surface area contributed by atoms with E-state index in [1.807, 2.05) is 11.8 Å². The zero-order valence-corrected chi connectivity index (χ0v) is 11.7. The first-order valence-corrected chi connectivity index (χ1v) is 7.24. The SMILES string of the molecule is Cc1[nH]c2cc(F)ccc2c1C(=O)N1CCCCCC1. The molecular weight excluding hydrogens is 255 g/mol. The molecule has 0 atom stereocenters. The van der Waals surface area contributed by atoms with E-state index in [2.05, 4.69) is 4.98 Å². The van der Waals surface area contributed by atoms with E-state index in [1.165, 1.54) is 25.0 Å². The van der Waals surface area contributed by atoms with Crippen molar-refractivity contribution in [1.29, 1.82) is 0 Å². The Bertz CT molecular complexity index is 639. The lowest BCUT2D eigenvalue weighted by Crippen LogP contribution is -2.32. The number of aromatic amines is 1. The van der Waals surface area contributed by atoms with Crippen LogP contribution in [0.5, 0.6) is 0 Å². The molecule has 1 saturated heterocycles. The second-order valence-electron chi connectivity index (χ2n) is 5.52. The molecule has 2 aromatic rings. The Balaban J connectivity index is 2.00. The highest BCUT2D eigenvalue weighted by molar-refractivity contribution is 6.08. The van der Waals surface area contributed by atoms with Gasteiger partial charge in [0, 0.05) is 29.7 Å². The van der Waals surface area contributed by atoms with Crippen LogP contribution in [0.3, 0.4) is 0 Å². The molecule has 4 heteroatoms. The summed E-state index contributed by atoms with van der Waals surface area (Å²) in [6, 6.07) is 4.55. The fourth-order valence-corrected chi connectivity index (χ4v) is 3.01. The quantitative estimate of drug-likeness (QED) is 0.847. The van der Waals surface area contributed by atoms with Crippen LogP contribution < -0.4 is 0 Å². The molecule has 1 amide bonds. The van der Waals surface area contributed by atoms with Crippen LogP contribution in [0.2, 0.25) is 0 Å². The molecule has 106 valence electrons. The number of aryl methyl sites for hydroxylation is 1. The number of halogens is 1. The molecule has 1 fully saturated rings. The average molecular weight is 274 g/mol. The van der Waals surface area contributed by atoms with Gasteiger partial charge < -0.3 is 9.88 Å². The number of likely N-dealkylation sites (tertiary alicyclic amines) is 1. The molecule has 1 aliphatic heterocycles. The molecule has 1 aromatic heterocycles. The first-order chi connectivity index (χ1) is 9.66. The van der Waals surface area contributed by atoms with Crippen molar-refractivity contribution in [2.45, 2.75) is 32.6 Å². The smallest absolute Gasteiger partial charge is 0.256 e. The number of hydrogen-bond donors (Lipinski definition) is 1. The van der Waals surface area contributed by atoms with E-state index in [9.17, 15) is 9.18 Å². The van der Waals surface area contributed by atoms with Gasteiger partial charge in [-0.3, -0.25) is 4.79 Å². The molecule has 0 bridgehead atoms. The van der Waals surface area contributed by atoms with Gasteiger partial charge in [0.1, 0.15) is 5.82 Å². The number of nitrogens with one attached hydrogen (secondary N) is 1. The molecule has 3 nitrogen and oxygen atoms in total. The minimum absolute atomic E-state index is 0.0715. The maximum atomic E-state index is 13.3. The van der Waals surface area contributed by atoms with Gasteiger partial charge in [-0.2, -0.15) is 0 Å². The number of amides is 1. The van der Waals surface area contributed by atoms with Crippen molar-refractivity contribution in [3.8, 4) is 0 Å². The van der Waals surface area contributed by atoms with Crippen LogP contribution in [-0.2, 0) is 0 Å². The molecule has 3 rings (SSSR count). The summed E-state index contributed by atoms with van der Waals surface area (Å²) in [5.74, 6) is -0.213. The van der Waals surface area contributed by atoms with E-state index in [4.69, 9.17) is 0 Å². The maximum absolute atomic E-state index is 13.3. The summed E-state index contributed by atoms with van der Waals surface area (Å²) in [7, 11) is 0. The second-order valence-corrected chi connectivity index (χ2v) is 5.52. The fraction of sp³-hybridized carbons (Fsp3) is 0.438. The number of benzene rings is 1. The number of aromatic nitrogens is 1. The summed E-state index contributed by atoms with van der Waals surface area (Å²) in [6.45, 7) is 3.53. The van der Waals surface area contributed by atoms with Gasteiger partial charge in [0.2, 0.25) is 0 Å². The number of fused-ring (bicyclic) bond motifs is 1. The summed E-state index contributed by atoms with van der Waals surface area (Å²) >= 11 is 0. The predicted molar refractivity (Wildman–Crippen MR) is 77.4 cm³/mol. The Morgan fingerprint density at radius 3 is 2.60 bits per heavy atom. The number of carbonyl (C=O) groups excluding carboxylic acids is 1. The van der Waals surface area contributed by atoms with Crippen molar-refractivity contribution in [3.63, 3.8) is 0 Å². The summed E-state index contributed by atoms with van der Waals surface area (Å²) < 4.78 is 13.3. The van der Waals surface area contributed by atoms with Crippen LogP contribution in [-0.4, -0.2) is 28.9 Å². The Morgan fingerprint density at radius 1 is 1.20 bits per heavy atom. The first kappa shape index (κ1) is 13.2. The van der Waals surface area contributed by atoms with E-state index in [0.29, 0.717) is 11.1 Å². The monoisotopic (exact) mass is 274 g/mol. The Morgan fingerprint density at radius 2 is 1.90 bits per heavy atom. The van der Waals surface area contributed by atoms with E-state index in [0.717, 1.165) is 37.0 Å². The van der Waals surface area contributed by atoms with Crippen LogP contribution in [0.25, 0.3) is 10.9 Å². The predicted octanol–water partition coefficient (Wildman–Crippen LogP) is 3.63. The number of H-pyrrole nitrogens is 1. The van der Waals surface area contributed by atoms with Gasteiger partial charge in [-0.15, -0.1) is 0 Å². The van der Waals surface area contributed by atoms with Crippen LogP contribution in [0.4, 0.5) is 4.39 Å². The summed E-state index contributed by atoms with van der Waals surface area (Å²) in [4.78, 5) is 17.8. The summed E-state index contributed by atoms with van der Waals surface area (Å²) in [5, 5.41) is 0.818. The largest absolute Gasteiger partial charge is 0.358 e. The zero-order chi connectivity index (χ0) is 14.1. The second kappa shape index (κ2) is 5.27. The van der Waals surface area contributed by atoms with Crippen molar-refractivity contribution in [2.24, 2.45) is 0 Å². The molecule has 0 spiro atoms. The molecule has 0 aliphatic carbocycles. The Hall–Kier alpha value is -1.84. The topological polar surface area (TPSA) is 36.1 Å². The highest BCUT2D eigenvalue weighted by Crippen LogP contribution is 2.25. The van der Waals surface area contributed by atoms with Crippen molar-refractivity contribution >= 4 is 16.8 Å². The van der Waals surface area contributed by atoms with E-state index in [1.54, 1.807) is 6.07 Å². The third-order valence-electron chi connectivity index (χ3n) is 4.06. The normalized spacial score (nSPS) is 16.4. The molecule has 1 aromatic carbocycles. The Labute approximate surface area is 117 Å². The molecule has 2 heterocycles. The van der Waals surface area contributed by atoms with Gasteiger partial charge in [0.05, 0.1) is 5.56 Å². The van der Waals surface area contributed by atoms with Gasteiger partial charge >= 0.3 is 0 Å². The highest BCUT2D eigenvalue weighted by Gasteiger charge is 2.22. The minimum Gasteiger partial charge on any atom is -0.358 e. The molecule has 20 heavy (non-hydrogen) atoms. The summed E-state index contributed by atoms with van der Waals surface area (Å²) in [6.07, 6.45) is 4.53. The Kier molecular flexibility index (Phi) is 3.47. The minimum atomic E-state index is -0.285. The number of nitrogens with zero attached hydrogens (tertiary/aromatic N) is 1. The third-order valence-corrected chi connectivity index (χ3v) is 4.06. The number of rotatable bonds is 1. The van der Waals surface area contributed by atoms with Crippen LogP contribution >= 0.6 is 0 Å². The van der Waals surface area contributed by atoms with Gasteiger partial charge in [-0.1, -0.05) is 12.8 Å². The molecule has 0 saturated carbocycles. The van der Waals surface area contributed by atoms with Gasteiger partial charge in [-0.05, 0) is 38.0 Å². The lowest BCUT2D eigenvalue weighted by atomic mass is 10.1. The first-order valence-electron chi connectivity index (χ1n) is 7.24. The maximum Gasteiger partial charge on any atom is 0.256 e. The molecule has 1 N–H and O–H groups in total. The zero-order valence-electron chi connectivity index (χ0n) is 11.7. The fourth-order valence-electron chi connectivity index (χ4n) is 3.01. The van der Waals surface area contributed by atoms with E-state index < -0.39 is 0 Å². The highest BCUT2D eigenvalue weighted by atomic mass is 19.1. The van der Waals surface area contributed by atoms with Crippen molar-refractivity contribution in [2.75, 3.05) is 13.1 Å². The van der Waals surface area contributed by atoms with Gasteiger partial charge in [0.25, 0.3) is 5.91 Å². The van der Waals surface area contributed by atoms with Crippen molar-refractivity contribution in [1.82, 2.24) is 9.88 Å². The van der Waals surface area contributed by atoms with Crippen LogP contribution in [0.15, 0.2) is 18.2 Å². The van der Waals surface area contributed by atoms with E-state index >= 15 is 0 Å². The lowest BCUT2D eigenvalue weighted by molar-refractivity contribution is 0.0763. The average Bonchev–Trinajstić information content (AvgIpc) is 2.62. The van der Waals surface area contributed by atoms with Crippen molar-refractivity contribution in [3.05, 3.63) is 35.3 Å².